The number of rotatable bonds is 5. The number of hydrogen-bond acceptors (Lipinski definition) is 5. The largest absolute Gasteiger partial charge is 0.324 e. The van der Waals surface area contributed by atoms with Crippen LogP contribution in [0.25, 0.3) is 0 Å². The van der Waals surface area contributed by atoms with E-state index >= 15 is 0 Å². The molecule has 0 radical (unpaired) electrons. The molecule has 0 saturated carbocycles. The fraction of sp³-hybridized carbons (Fsp3) is 0.100. The van der Waals surface area contributed by atoms with Crippen molar-refractivity contribution in [1.82, 2.24) is 9.97 Å². The lowest BCUT2D eigenvalue weighted by atomic mass is 10.1. The molecule has 0 aliphatic rings. The zero-order valence-electron chi connectivity index (χ0n) is 14.8. The zero-order valence-corrected chi connectivity index (χ0v) is 14.8. The number of hydrogen-bond donors (Lipinski definition) is 2. The molecule has 1 amide bonds. The summed E-state index contributed by atoms with van der Waals surface area (Å²) < 4.78 is 13.0. The van der Waals surface area contributed by atoms with Gasteiger partial charge >= 0.3 is 0 Å². The molecule has 0 saturated heterocycles. The van der Waals surface area contributed by atoms with E-state index in [9.17, 15) is 14.0 Å². The second-order valence-electron chi connectivity index (χ2n) is 5.94. The fourth-order valence-electron chi connectivity index (χ4n) is 2.39. The Balaban J connectivity index is 1.77. The van der Waals surface area contributed by atoms with E-state index in [0.717, 1.165) is 0 Å². The second-order valence-corrected chi connectivity index (χ2v) is 5.94. The van der Waals surface area contributed by atoms with E-state index < -0.39 is 5.91 Å². The number of nitrogens with one attached hydrogen (secondary N) is 2. The standard InChI is InChI=1S/C20H17FN4O2/c1-12-11-18(19(27)23-16-7-3-14(4-8-16)13(2)26)25-20(22-12)24-17-9-5-15(21)6-10-17/h3-11H,1-2H3,(H,23,27)(H,22,24,25). The average molecular weight is 364 g/mol. The predicted octanol–water partition coefficient (Wildman–Crippen LogP) is 4.12. The normalized spacial score (nSPS) is 10.3. The fourth-order valence-corrected chi connectivity index (χ4v) is 2.39. The number of ketones is 1. The Bertz CT molecular complexity index is 986. The molecule has 3 aromatic rings. The predicted molar refractivity (Wildman–Crippen MR) is 101 cm³/mol. The maximum atomic E-state index is 13.0. The summed E-state index contributed by atoms with van der Waals surface area (Å²) in [6, 6.07) is 13.9. The first-order valence-corrected chi connectivity index (χ1v) is 8.21. The lowest BCUT2D eigenvalue weighted by Gasteiger charge is -2.09. The SMILES string of the molecule is CC(=O)c1ccc(NC(=O)c2cc(C)nc(Nc3ccc(F)cc3)n2)cc1. The minimum absolute atomic E-state index is 0.0455. The minimum Gasteiger partial charge on any atom is -0.324 e. The minimum atomic E-state index is -0.404. The number of amides is 1. The van der Waals surface area contributed by atoms with Crippen molar-refractivity contribution in [3.05, 3.63) is 77.4 Å². The van der Waals surface area contributed by atoms with Gasteiger partial charge in [-0.2, -0.15) is 0 Å². The van der Waals surface area contributed by atoms with Crippen LogP contribution >= 0.6 is 0 Å². The van der Waals surface area contributed by atoms with Gasteiger partial charge in [0.15, 0.2) is 5.78 Å². The Morgan fingerprint density at radius 3 is 2.19 bits per heavy atom. The van der Waals surface area contributed by atoms with Crippen LogP contribution in [0.3, 0.4) is 0 Å². The molecule has 0 fully saturated rings. The third-order valence-corrected chi connectivity index (χ3v) is 3.74. The van der Waals surface area contributed by atoms with Gasteiger partial charge in [-0.15, -0.1) is 0 Å². The summed E-state index contributed by atoms with van der Waals surface area (Å²) in [6.45, 7) is 3.23. The van der Waals surface area contributed by atoms with Crippen LogP contribution in [-0.2, 0) is 0 Å². The molecular weight excluding hydrogens is 347 g/mol. The number of carbonyl (C=O) groups is 2. The first kappa shape index (κ1) is 18.2. The quantitative estimate of drug-likeness (QED) is 0.665. The van der Waals surface area contributed by atoms with Crippen molar-refractivity contribution in [2.45, 2.75) is 13.8 Å². The molecule has 3 rings (SSSR count). The van der Waals surface area contributed by atoms with E-state index in [-0.39, 0.29) is 23.2 Å². The van der Waals surface area contributed by atoms with Gasteiger partial charge in [0.2, 0.25) is 5.95 Å². The molecule has 6 nitrogen and oxygen atoms in total. The van der Waals surface area contributed by atoms with Crippen LogP contribution in [-0.4, -0.2) is 21.7 Å². The zero-order chi connectivity index (χ0) is 19.4. The molecule has 27 heavy (non-hydrogen) atoms. The van der Waals surface area contributed by atoms with Crippen LogP contribution in [0, 0.1) is 12.7 Å². The highest BCUT2D eigenvalue weighted by molar-refractivity contribution is 6.03. The van der Waals surface area contributed by atoms with Crippen molar-refractivity contribution in [2.75, 3.05) is 10.6 Å². The number of aromatic nitrogens is 2. The third kappa shape index (κ3) is 4.72. The summed E-state index contributed by atoms with van der Waals surface area (Å²) in [5.74, 6) is -0.561. The summed E-state index contributed by atoms with van der Waals surface area (Å²) >= 11 is 0. The van der Waals surface area contributed by atoms with Crippen molar-refractivity contribution in [3.8, 4) is 0 Å². The maximum Gasteiger partial charge on any atom is 0.274 e. The Hall–Kier alpha value is -3.61. The highest BCUT2D eigenvalue weighted by Gasteiger charge is 2.12. The molecule has 2 N–H and O–H groups in total. The van der Waals surface area contributed by atoms with Crippen LogP contribution in [0.15, 0.2) is 54.6 Å². The van der Waals surface area contributed by atoms with Crippen LogP contribution in [0.5, 0.6) is 0 Å². The van der Waals surface area contributed by atoms with Gasteiger partial charge in [-0.25, -0.2) is 14.4 Å². The van der Waals surface area contributed by atoms with E-state index in [0.29, 0.717) is 22.6 Å². The van der Waals surface area contributed by atoms with Crippen molar-refractivity contribution >= 4 is 29.0 Å². The number of Topliss-reactive ketones (excluding diaryl/α,β-unsaturated/α-hetero) is 1. The molecule has 0 spiro atoms. The van der Waals surface area contributed by atoms with Gasteiger partial charge in [0.25, 0.3) is 5.91 Å². The number of nitrogens with zero attached hydrogens (tertiary/aromatic N) is 2. The smallest absolute Gasteiger partial charge is 0.274 e. The van der Waals surface area contributed by atoms with Gasteiger partial charge in [-0.3, -0.25) is 9.59 Å². The van der Waals surface area contributed by atoms with Crippen LogP contribution in [0.2, 0.25) is 0 Å². The summed E-state index contributed by atoms with van der Waals surface area (Å²) in [6.07, 6.45) is 0. The monoisotopic (exact) mass is 364 g/mol. The number of carbonyl (C=O) groups excluding carboxylic acids is 2. The molecule has 136 valence electrons. The van der Waals surface area contributed by atoms with E-state index in [2.05, 4.69) is 20.6 Å². The summed E-state index contributed by atoms with van der Waals surface area (Å²) in [7, 11) is 0. The Kier molecular flexibility index (Phi) is 5.21. The molecule has 0 bridgehead atoms. The van der Waals surface area contributed by atoms with Crippen molar-refractivity contribution in [2.24, 2.45) is 0 Å². The van der Waals surface area contributed by atoms with Crippen LogP contribution in [0.4, 0.5) is 21.7 Å². The molecule has 0 aliphatic carbocycles. The maximum absolute atomic E-state index is 13.0. The molecule has 1 aromatic heterocycles. The van der Waals surface area contributed by atoms with Gasteiger partial charge in [-0.1, -0.05) is 0 Å². The van der Waals surface area contributed by atoms with Crippen LogP contribution < -0.4 is 10.6 Å². The van der Waals surface area contributed by atoms with Crippen molar-refractivity contribution in [3.63, 3.8) is 0 Å². The van der Waals surface area contributed by atoms with Gasteiger partial charge in [-0.05, 0) is 68.4 Å². The lowest BCUT2D eigenvalue weighted by molar-refractivity contribution is 0.101. The summed E-state index contributed by atoms with van der Waals surface area (Å²) in [4.78, 5) is 32.3. The Morgan fingerprint density at radius 2 is 1.56 bits per heavy atom. The van der Waals surface area contributed by atoms with E-state index in [1.165, 1.54) is 19.1 Å². The van der Waals surface area contributed by atoms with Gasteiger partial charge in [0.05, 0.1) is 0 Å². The average Bonchev–Trinajstić information content (AvgIpc) is 2.63. The van der Waals surface area contributed by atoms with Crippen molar-refractivity contribution in [1.29, 1.82) is 0 Å². The third-order valence-electron chi connectivity index (χ3n) is 3.74. The summed E-state index contributed by atoms with van der Waals surface area (Å²) in [5, 5.41) is 5.68. The Morgan fingerprint density at radius 1 is 0.926 bits per heavy atom. The number of anilines is 3. The molecule has 0 aliphatic heterocycles. The van der Waals surface area contributed by atoms with Gasteiger partial charge < -0.3 is 10.6 Å². The topological polar surface area (TPSA) is 84.0 Å². The number of benzene rings is 2. The summed E-state index contributed by atoms with van der Waals surface area (Å²) in [5.41, 5.74) is 2.51. The van der Waals surface area contributed by atoms with Crippen LogP contribution in [0.1, 0.15) is 33.5 Å². The Labute approximate surface area is 155 Å². The number of aryl methyl sites for hydroxylation is 1. The highest BCUT2D eigenvalue weighted by Crippen LogP contribution is 2.16. The van der Waals surface area contributed by atoms with Crippen molar-refractivity contribution < 1.29 is 14.0 Å². The van der Waals surface area contributed by atoms with Gasteiger partial charge in [0.1, 0.15) is 11.5 Å². The molecule has 0 atom stereocenters. The number of halogens is 1. The molecular formula is C20H17FN4O2. The van der Waals surface area contributed by atoms with E-state index in [4.69, 9.17) is 0 Å². The molecule has 2 aromatic carbocycles. The van der Waals surface area contributed by atoms with Gasteiger partial charge in [0, 0.05) is 22.6 Å². The molecule has 1 heterocycles. The second kappa shape index (κ2) is 7.74. The first-order valence-electron chi connectivity index (χ1n) is 8.21. The first-order chi connectivity index (χ1) is 12.9. The molecule has 7 heteroatoms. The van der Waals surface area contributed by atoms with E-state index in [1.807, 2.05) is 0 Å². The van der Waals surface area contributed by atoms with E-state index in [1.54, 1.807) is 49.4 Å². The lowest BCUT2D eigenvalue weighted by Crippen LogP contribution is -2.15. The molecule has 0 unspecified atom stereocenters. The highest BCUT2D eigenvalue weighted by atomic mass is 19.1.